The normalized spacial score (nSPS) is 14.5. The maximum atomic E-state index is 6.18. The Labute approximate surface area is 130 Å². The van der Waals surface area contributed by atoms with Crippen molar-refractivity contribution in [3.8, 4) is 0 Å². The number of nitrogens with two attached hydrogens (primary N) is 2. The lowest BCUT2D eigenvalue weighted by atomic mass is 9.95. The summed E-state index contributed by atoms with van der Waals surface area (Å²) >= 11 is 0. The highest BCUT2D eigenvalue weighted by atomic mass is 16.5. The summed E-state index contributed by atoms with van der Waals surface area (Å²) < 4.78 is 7.51. The van der Waals surface area contributed by atoms with Gasteiger partial charge in [0.05, 0.1) is 12.1 Å². The Balaban J connectivity index is 2.16. The Bertz CT molecular complexity index is 664. The summed E-state index contributed by atoms with van der Waals surface area (Å²) in [4.78, 5) is 9.37. The number of ether oxygens (including phenoxy) is 1. The van der Waals surface area contributed by atoms with Crippen molar-refractivity contribution < 1.29 is 4.74 Å². The molecule has 0 aliphatic heterocycles. The number of aromatic nitrogens is 3. The minimum Gasteiger partial charge on any atom is -0.384 e. The molecule has 0 saturated heterocycles. The van der Waals surface area contributed by atoms with E-state index >= 15 is 0 Å². The molecule has 2 aromatic rings. The second-order valence-electron chi connectivity index (χ2n) is 5.89. The molecule has 1 aliphatic carbocycles. The Kier molecular flexibility index (Phi) is 4.59. The number of fused-ring (bicyclic) bond motifs is 3. The number of nitrogen functional groups attached to an aromatic ring is 1. The van der Waals surface area contributed by atoms with Crippen molar-refractivity contribution in [2.75, 3.05) is 26.0 Å². The van der Waals surface area contributed by atoms with Crippen LogP contribution in [0.1, 0.15) is 36.3 Å². The lowest BCUT2D eigenvalue weighted by Crippen LogP contribution is -2.13. The summed E-state index contributed by atoms with van der Waals surface area (Å²) in [5, 5.41) is 0. The van der Waals surface area contributed by atoms with Gasteiger partial charge in [0.15, 0.2) is 5.82 Å². The number of hydrogen-bond donors (Lipinski definition) is 2. The van der Waals surface area contributed by atoms with Gasteiger partial charge in [-0.1, -0.05) is 0 Å². The van der Waals surface area contributed by atoms with E-state index in [2.05, 4.69) is 9.55 Å². The average molecular weight is 303 g/mol. The van der Waals surface area contributed by atoms with Gasteiger partial charge in [0.25, 0.3) is 0 Å². The van der Waals surface area contributed by atoms with E-state index in [1.165, 1.54) is 23.9 Å². The molecule has 0 fully saturated rings. The van der Waals surface area contributed by atoms with Crippen LogP contribution in [0.2, 0.25) is 0 Å². The number of hydrogen-bond acceptors (Lipinski definition) is 5. The first-order chi connectivity index (χ1) is 10.8. The Morgan fingerprint density at radius 1 is 1.23 bits per heavy atom. The van der Waals surface area contributed by atoms with Crippen LogP contribution in [0.25, 0.3) is 11.0 Å². The molecule has 0 saturated carbocycles. The van der Waals surface area contributed by atoms with Gasteiger partial charge in [0.2, 0.25) is 0 Å². The van der Waals surface area contributed by atoms with Crippen LogP contribution in [0.4, 0.5) is 5.82 Å². The van der Waals surface area contributed by atoms with Gasteiger partial charge in [0, 0.05) is 25.8 Å². The maximum absolute atomic E-state index is 6.18. The van der Waals surface area contributed by atoms with Gasteiger partial charge in [-0.05, 0) is 44.2 Å². The third-order valence-corrected chi connectivity index (χ3v) is 4.38. The van der Waals surface area contributed by atoms with Gasteiger partial charge in [-0.25, -0.2) is 9.97 Å². The molecule has 0 radical (unpaired) electrons. The van der Waals surface area contributed by atoms with E-state index in [0.717, 1.165) is 49.3 Å². The van der Waals surface area contributed by atoms with Crippen LogP contribution in [-0.2, 0) is 30.5 Å². The monoisotopic (exact) mass is 303 g/mol. The third kappa shape index (κ3) is 2.68. The smallest absolute Gasteiger partial charge is 0.151 e. The molecule has 6 heteroatoms. The Hall–Kier alpha value is -1.66. The van der Waals surface area contributed by atoms with Crippen molar-refractivity contribution in [3.05, 3.63) is 17.1 Å². The highest BCUT2D eigenvalue weighted by Crippen LogP contribution is 2.31. The first kappa shape index (κ1) is 15.2. The fraction of sp³-hybridized carbons (Fsp3) is 0.625. The number of imidazole rings is 1. The average Bonchev–Trinajstić information content (AvgIpc) is 2.90. The molecule has 2 heterocycles. The molecule has 0 aromatic carbocycles. The van der Waals surface area contributed by atoms with Gasteiger partial charge >= 0.3 is 0 Å². The topological polar surface area (TPSA) is 92.0 Å². The van der Waals surface area contributed by atoms with Crippen LogP contribution in [0.5, 0.6) is 0 Å². The molecule has 120 valence electrons. The molecule has 1 aliphatic rings. The highest BCUT2D eigenvalue weighted by Gasteiger charge is 2.22. The molecule has 0 unspecified atom stereocenters. The Morgan fingerprint density at radius 2 is 2.05 bits per heavy atom. The number of rotatable bonds is 6. The van der Waals surface area contributed by atoms with E-state index in [0.29, 0.717) is 19.0 Å². The number of nitrogens with zero attached hydrogens (tertiary/aromatic N) is 3. The minimum atomic E-state index is 0.556. The van der Waals surface area contributed by atoms with Crippen LogP contribution >= 0.6 is 0 Å². The summed E-state index contributed by atoms with van der Waals surface area (Å²) in [5.41, 5.74) is 16.4. The summed E-state index contributed by atoms with van der Waals surface area (Å²) in [5.74, 6) is 1.58. The highest BCUT2D eigenvalue weighted by molar-refractivity contribution is 5.89. The standard InChI is InChI=1S/C16H25N5O/c1-22-10-7-13-20-14-15(21(13)9-4-8-17)11-5-2-3-6-12(11)19-16(14)18/h2-10,17H2,1H3,(H2,18,19). The van der Waals surface area contributed by atoms with Gasteiger partial charge in [-0.3, -0.25) is 0 Å². The van der Waals surface area contributed by atoms with E-state index in [1.807, 2.05) is 0 Å². The van der Waals surface area contributed by atoms with Crippen LogP contribution in [0.15, 0.2) is 0 Å². The van der Waals surface area contributed by atoms with Crippen molar-refractivity contribution >= 4 is 16.9 Å². The molecular weight excluding hydrogens is 278 g/mol. The van der Waals surface area contributed by atoms with Gasteiger partial charge < -0.3 is 20.8 Å². The summed E-state index contributed by atoms with van der Waals surface area (Å²) in [6.45, 7) is 2.20. The lowest BCUT2D eigenvalue weighted by molar-refractivity contribution is 0.199. The molecule has 2 aromatic heterocycles. The fourth-order valence-corrected chi connectivity index (χ4v) is 3.32. The van der Waals surface area contributed by atoms with Crippen molar-refractivity contribution in [1.29, 1.82) is 0 Å². The number of anilines is 1. The van der Waals surface area contributed by atoms with Crippen molar-refractivity contribution in [1.82, 2.24) is 14.5 Å². The maximum Gasteiger partial charge on any atom is 0.151 e. The zero-order chi connectivity index (χ0) is 15.5. The van der Waals surface area contributed by atoms with Gasteiger partial charge in [-0.2, -0.15) is 0 Å². The minimum absolute atomic E-state index is 0.556. The molecule has 22 heavy (non-hydrogen) atoms. The number of pyridine rings is 1. The van der Waals surface area contributed by atoms with Gasteiger partial charge in [-0.15, -0.1) is 0 Å². The first-order valence-electron chi connectivity index (χ1n) is 8.11. The summed E-state index contributed by atoms with van der Waals surface area (Å²) in [7, 11) is 1.71. The zero-order valence-corrected chi connectivity index (χ0v) is 13.3. The third-order valence-electron chi connectivity index (χ3n) is 4.38. The van der Waals surface area contributed by atoms with Crippen LogP contribution in [0.3, 0.4) is 0 Å². The SMILES string of the molecule is COCCc1nc2c(N)nc3c(c2n1CCCN)CCCC3. The lowest BCUT2D eigenvalue weighted by Gasteiger charge is -2.18. The number of methoxy groups -OCH3 is 1. The second-order valence-corrected chi connectivity index (χ2v) is 5.89. The summed E-state index contributed by atoms with van der Waals surface area (Å²) in [6.07, 6.45) is 6.20. The molecule has 0 amide bonds. The zero-order valence-electron chi connectivity index (χ0n) is 13.3. The quantitative estimate of drug-likeness (QED) is 0.842. The van der Waals surface area contributed by atoms with Crippen molar-refractivity contribution in [2.45, 2.75) is 45.1 Å². The summed E-state index contributed by atoms with van der Waals surface area (Å²) in [6, 6.07) is 0. The van der Waals surface area contributed by atoms with Crippen LogP contribution in [-0.4, -0.2) is 34.8 Å². The van der Waals surface area contributed by atoms with E-state index in [-0.39, 0.29) is 0 Å². The van der Waals surface area contributed by atoms with Crippen LogP contribution in [0, 0.1) is 0 Å². The van der Waals surface area contributed by atoms with E-state index < -0.39 is 0 Å². The molecular formula is C16H25N5O. The fourth-order valence-electron chi connectivity index (χ4n) is 3.32. The first-order valence-corrected chi connectivity index (χ1v) is 8.11. The molecule has 3 rings (SSSR count). The molecule has 0 bridgehead atoms. The molecule has 0 spiro atoms. The van der Waals surface area contributed by atoms with E-state index in [1.54, 1.807) is 7.11 Å². The largest absolute Gasteiger partial charge is 0.384 e. The number of aryl methyl sites for hydroxylation is 3. The molecule has 4 N–H and O–H groups in total. The van der Waals surface area contributed by atoms with E-state index in [4.69, 9.17) is 21.2 Å². The molecule has 0 atom stereocenters. The molecule has 6 nitrogen and oxygen atoms in total. The Morgan fingerprint density at radius 3 is 2.82 bits per heavy atom. The van der Waals surface area contributed by atoms with Crippen molar-refractivity contribution in [3.63, 3.8) is 0 Å². The van der Waals surface area contributed by atoms with Crippen molar-refractivity contribution in [2.24, 2.45) is 5.73 Å². The second kappa shape index (κ2) is 6.62. The van der Waals surface area contributed by atoms with Crippen LogP contribution < -0.4 is 11.5 Å². The predicted octanol–water partition coefficient (Wildman–Crippen LogP) is 1.43. The predicted molar refractivity (Wildman–Crippen MR) is 87.8 cm³/mol. The van der Waals surface area contributed by atoms with E-state index in [9.17, 15) is 0 Å². The van der Waals surface area contributed by atoms with Gasteiger partial charge in [0.1, 0.15) is 11.3 Å².